The quantitative estimate of drug-likeness (QED) is 0.0346. The number of rotatable bonds is 49. The fourth-order valence-electron chi connectivity index (χ4n) is 7.46. The smallest absolute Gasteiger partial charge is 0.306 e. The van der Waals surface area contributed by atoms with Crippen molar-refractivity contribution in [3.63, 3.8) is 0 Å². The Kier molecular flexibility index (Phi) is 51.9. The molecule has 0 aromatic carbocycles. The summed E-state index contributed by atoms with van der Waals surface area (Å²) in [4.78, 5) is 25.4. The van der Waals surface area contributed by atoms with Crippen molar-refractivity contribution in [2.75, 3.05) is 19.8 Å². The number of unbranched alkanes of at least 4 members (excludes halogenated alkanes) is 24. The molecule has 5 heteroatoms. The van der Waals surface area contributed by atoms with Gasteiger partial charge in [0.1, 0.15) is 6.61 Å². The Hall–Kier alpha value is -2.92. The monoisotopic (exact) mass is 891 g/mol. The second-order valence-electron chi connectivity index (χ2n) is 17.7. The predicted octanol–water partition coefficient (Wildman–Crippen LogP) is 18.5. The lowest BCUT2D eigenvalue weighted by atomic mass is 10.0. The molecule has 0 saturated carbocycles. The van der Waals surface area contributed by atoms with Crippen LogP contribution in [0.5, 0.6) is 0 Å². The second kappa shape index (κ2) is 54.4. The van der Waals surface area contributed by atoms with E-state index in [1.807, 2.05) is 0 Å². The van der Waals surface area contributed by atoms with Gasteiger partial charge in [-0.15, -0.1) is 0 Å². The molecule has 0 aromatic heterocycles. The maximum Gasteiger partial charge on any atom is 0.306 e. The molecule has 0 spiro atoms. The summed E-state index contributed by atoms with van der Waals surface area (Å²) in [6, 6.07) is 0. The number of ether oxygens (including phenoxy) is 3. The summed E-state index contributed by atoms with van der Waals surface area (Å²) in [5.74, 6) is -0.439. The van der Waals surface area contributed by atoms with Crippen LogP contribution in [-0.4, -0.2) is 37.9 Å². The standard InChI is InChI=1S/C59H102O5/c1-4-7-10-13-16-19-22-25-28-30-32-35-38-41-44-47-50-53-59(61)64-57(55-62-54-51-48-45-42-39-36-33-29-26-23-20-17-14-11-8-5-2)56-63-58(60)52-49-46-43-40-37-34-31-27-24-21-18-15-12-9-6-3/h7,9-10,12,16,18-19,21,25,27-28,31-32,35,57H,4-6,8,11,13-15,17,20,22-24,26,29-30,33-34,36-56H2,1-3H3/b10-7-,12-9-,19-16-,21-18-,28-25-,31-27-,35-32-/t57-/m1/s1. The summed E-state index contributed by atoms with van der Waals surface area (Å²) in [6.07, 6.45) is 71.7. The van der Waals surface area contributed by atoms with Crippen molar-refractivity contribution in [2.24, 2.45) is 0 Å². The highest BCUT2D eigenvalue weighted by atomic mass is 16.6. The molecular formula is C59H102O5. The molecule has 0 heterocycles. The number of esters is 2. The maximum absolute atomic E-state index is 12.8. The fourth-order valence-corrected chi connectivity index (χ4v) is 7.46. The van der Waals surface area contributed by atoms with Crippen molar-refractivity contribution < 1.29 is 23.8 Å². The highest BCUT2D eigenvalue weighted by Crippen LogP contribution is 2.15. The molecule has 0 N–H and O–H groups in total. The largest absolute Gasteiger partial charge is 0.462 e. The molecule has 5 nitrogen and oxygen atoms in total. The van der Waals surface area contributed by atoms with Gasteiger partial charge in [-0.1, -0.05) is 234 Å². The Morgan fingerprint density at radius 1 is 0.359 bits per heavy atom. The molecular weight excluding hydrogens is 789 g/mol. The lowest BCUT2D eigenvalue weighted by molar-refractivity contribution is -0.163. The number of carbonyl (C=O) groups excluding carboxylic acids is 2. The van der Waals surface area contributed by atoms with Gasteiger partial charge in [0, 0.05) is 19.4 Å². The number of hydrogen-bond donors (Lipinski definition) is 0. The van der Waals surface area contributed by atoms with Crippen molar-refractivity contribution in [3.05, 3.63) is 85.1 Å². The average Bonchev–Trinajstić information content (AvgIpc) is 3.30. The van der Waals surface area contributed by atoms with E-state index in [1.165, 1.54) is 103 Å². The van der Waals surface area contributed by atoms with Gasteiger partial charge >= 0.3 is 11.9 Å². The molecule has 0 unspecified atom stereocenters. The average molecular weight is 891 g/mol. The van der Waals surface area contributed by atoms with E-state index in [1.54, 1.807) is 0 Å². The SMILES string of the molecule is CC/C=C\C/C=C\C/C=C\C/C=C\CCCCCCC(=O)O[C@H](COCCCCCCCCCCCCCCCCCC)COC(=O)CCCCCCC/C=C\C/C=C\C/C=C\CC. The molecule has 0 bridgehead atoms. The van der Waals surface area contributed by atoms with E-state index in [-0.39, 0.29) is 25.2 Å². The normalized spacial score (nSPS) is 12.9. The number of hydrogen-bond acceptors (Lipinski definition) is 5. The van der Waals surface area contributed by atoms with Gasteiger partial charge in [0.25, 0.3) is 0 Å². The van der Waals surface area contributed by atoms with Gasteiger partial charge in [-0.25, -0.2) is 0 Å². The molecule has 64 heavy (non-hydrogen) atoms. The van der Waals surface area contributed by atoms with E-state index in [0.29, 0.717) is 19.4 Å². The third-order valence-electron chi connectivity index (χ3n) is 11.4. The first kappa shape index (κ1) is 61.1. The van der Waals surface area contributed by atoms with Gasteiger partial charge < -0.3 is 14.2 Å². The van der Waals surface area contributed by atoms with E-state index in [4.69, 9.17) is 14.2 Å². The topological polar surface area (TPSA) is 61.8 Å². The van der Waals surface area contributed by atoms with Crippen LogP contribution >= 0.6 is 0 Å². The summed E-state index contributed by atoms with van der Waals surface area (Å²) >= 11 is 0. The molecule has 0 aromatic rings. The van der Waals surface area contributed by atoms with Crippen molar-refractivity contribution >= 4 is 11.9 Å². The lowest BCUT2D eigenvalue weighted by Gasteiger charge is -2.18. The van der Waals surface area contributed by atoms with E-state index in [0.717, 1.165) is 116 Å². The van der Waals surface area contributed by atoms with Gasteiger partial charge in [0.15, 0.2) is 6.10 Å². The van der Waals surface area contributed by atoms with Crippen LogP contribution in [0.3, 0.4) is 0 Å². The Balaban J connectivity index is 4.34. The van der Waals surface area contributed by atoms with Gasteiger partial charge in [0.2, 0.25) is 0 Å². The van der Waals surface area contributed by atoms with E-state index in [9.17, 15) is 9.59 Å². The fraction of sp³-hybridized carbons (Fsp3) is 0.729. The first-order valence-electron chi connectivity index (χ1n) is 27.1. The minimum atomic E-state index is -0.558. The second-order valence-corrected chi connectivity index (χ2v) is 17.7. The highest BCUT2D eigenvalue weighted by Gasteiger charge is 2.17. The zero-order valence-corrected chi connectivity index (χ0v) is 42.3. The molecule has 0 radical (unpaired) electrons. The third kappa shape index (κ3) is 51.7. The van der Waals surface area contributed by atoms with Crippen LogP contribution in [0.25, 0.3) is 0 Å². The highest BCUT2D eigenvalue weighted by molar-refractivity contribution is 5.70. The first-order valence-corrected chi connectivity index (χ1v) is 27.1. The zero-order valence-electron chi connectivity index (χ0n) is 42.3. The van der Waals surface area contributed by atoms with E-state index < -0.39 is 6.10 Å². The minimum absolute atomic E-state index is 0.0648. The summed E-state index contributed by atoms with van der Waals surface area (Å²) in [6.45, 7) is 7.58. The van der Waals surface area contributed by atoms with Crippen LogP contribution in [0.2, 0.25) is 0 Å². The maximum atomic E-state index is 12.8. The zero-order chi connectivity index (χ0) is 46.3. The van der Waals surface area contributed by atoms with E-state index in [2.05, 4.69) is 106 Å². The molecule has 0 fully saturated rings. The van der Waals surface area contributed by atoms with Crippen molar-refractivity contribution in [1.29, 1.82) is 0 Å². The van der Waals surface area contributed by atoms with Crippen LogP contribution in [0.1, 0.15) is 252 Å². The third-order valence-corrected chi connectivity index (χ3v) is 11.4. The van der Waals surface area contributed by atoms with Crippen LogP contribution in [0.15, 0.2) is 85.1 Å². The van der Waals surface area contributed by atoms with E-state index >= 15 is 0 Å². The van der Waals surface area contributed by atoms with Crippen LogP contribution in [0.4, 0.5) is 0 Å². The summed E-state index contributed by atoms with van der Waals surface area (Å²) < 4.78 is 17.4. The number of allylic oxidation sites excluding steroid dienone is 14. The van der Waals surface area contributed by atoms with Gasteiger partial charge in [-0.3, -0.25) is 9.59 Å². The molecule has 0 aliphatic heterocycles. The molecule has 0 rings (SSSR count). The Morgan fingerprint density at radius 3 is 1.12 bits per heavy atom. The predicted molar refractivity (Wildman–Crippen MR) is 279 cm³/mol. The van der Waals surface area contributed by atoms with Gasteiger partial charge in [-0.05, 0) is 89.9 Å². The molecule has 0 aliphatic rings. The van der Waals surface area contributed by atoms with Crippen molar-refractivity contribution in [2.45, 2.75) is 258 Å². The molecule has 368 valence electrons. The summed E-state index contributed by atoms with van der Waals surface area (Å²) in [5, 5.41) is 0. The van der Waals surface area contributed by atoms with Crippen LogP contribution < -0.4 is 0 Å². The first-order chi connectivity index (χ1) is 31.6. The van der Waals surface area contributed by atoms with Gasteiger partial charge in [0.05, 0.1) is 6.61 Å². The molecule has 0 aliphatic carbocycles. The van der Waals surface area contributed by atoms with Gasteiger partial charge in [-0.2, -0.15) is 0 Å². The number of carbonyl (C=O) groups is 2. The summed E-state index contributed by atoms with van der Waals surface area (Å²) in [5.41, 5.74) is 0. The Labute approximate surface area is 397 Å². The van der Waals surface area contributed by atoms with Crippen LogP contribution in [-0.2, 0) is 23.8 Å². The Morgan fingerprint density at radius 2 is 0.703 bits per heavy atom. The van der Waals surface area contributed by atoms with Crippen molar-refractivity contribution in [1.82, 2.24) is 0 Å². The summed E-state index contributed by atoms with van der Waals surface area (Å²) in [7, 11) is 0. The molecule has 0 saturated heterocycles. The Bertz CT molecular complexity index is 1190. The minimum Gasteiger partial charge on any atom is -0.462 e. The molecule has 1 atom stereocenters. The van der Waals surface area contributed by atoms with Crippen molar-refractivity contribution in [3.8, 4) is 0 Å². The lowest BCUT2D eigenvalue weighted by Crippen LogP contribution is -2.30. The molecule has 0 amide bonds. The van der Waals surface area contributed by atoms with Crippen LogP contribution in [0, 0.1) is 0 Å².